The van der Waals surface area contributed by atoms with Crippen molar-refractivity contribution in [1.82, 2.24) is 4.98 Å². The molecule has 0 atom stereocenters. The van der Waals surface area contributed by atoms with Crippen molar-refractivity contribution in [2.75, 3.05) is 5.73 Å². The van der Waals surface area contributed by atoms with E-state index in [4.69, 9.17) is 10.7 Å². The van der Waals surface area contributed by atoms with Gasteiger partial charge in [0.25, 0.3) is 0 Å². The van der Waals surface area contributed by atoms with Gasteiger partial charge in [-0.25, -0.2) is 4.98 Å². The highest BCUT2D eigenvalue weighted by atomic mass is 32.1. The van der Waals surface area contributed by atoms with E-state index in [-0.39, 0.29) is 0 Å². The number of anilines is 1. The zero-order valence-electron chi connectivity index (χ0n) is 10.5. The van der Waals surface area contributed by atoms with Gasteiger partial charge in [0.15, 0.2) is 0 Å². The van der Waals surface area contributed by atoms with Crippen LogP contribution in [0.4, 0.5) is 5.69 Å². The molecule has 3 rings (SSSR count). The topological polar surface area (TPSA) is 38.9 Å². The molecule has 0 bridgehead atoms. The summed E-state index contributed by atoms with van der Waals surface area (Å²) in [7, 11) is 0. The number of hydrogen-bond acceptors (Lipinski definition) is 3. The fourth-order valence-corrected chi connectivity index (χ4v) is 3.67. The Morgan fingerprint density at radius 2 is 2.06 bits per heavy atom. The molecule has 0 saturated heterocycles. The van der Waals surface area contributed by atoms with Crippen LogP contribution < -0.4 is 5.73 Å². The zero-order chi connectivity index (χ0) is 12.4. The first-order valence-corrected chi connectivity index (χ1v) is 7.45. The van der Waals surface area contributed by atoms with Gasteiger partial charge in [0.2, 0.25) is 0 Å². The Kier molecular flexibility index (Phi) is 3.33. The van der Waals surface area contributed by atoms with Crippen molar-refractivity contribution in [3.8, 4) is 0 Å². The molecule has 1 heterocycles. The molecular formula is C15H18N2S. The van der Waals surface area contributed by atoms with Gasteiger partial charge in [0.1, 0.15) is 0 Å². The predicted octanol–water partition coefficient (Wildman–Crippen LogP) is 3.39. The lowest BCUT2D eigenvalue weighted by atomic mass is 10.0. The van der Waals surface area contributed by atoms with Crippen LogP contribution in [0, 0.1) is 0 Å². The molecular weight excluding hydrogens is 240 g/mol. The van der Waals surface area contributed by atoms with Crippen molar-refractivity contribution in [2.45, 2.75) is 38.5 Å². The molecule has 2 aromatic rings. The first-order chi connectivity index (χ1) is 8.81. The number of nitrogen functional groups attached to an aromatic ring is 1. The third kappa shape index (κ3) is 2.56. The number of thiazole rings is 1. The van der Waals surface area contributed by atoms with Crippen LogP contribution in [0.1, 0.15) is 34.0 Å². The van der Waals surface area contributed by atoms with Gasteiger partial charge >= 0.3 is 0 Å². The number of nitrogens with two attached hydrogens (primary N) is 1. The monoisotopic (exact) mass is 258 g/mol. The Labute approximate surface area is 112 Å². The van der Waals surface area contributed by atoms with Crippen molar-refractivity contribution < 1.29 is 0 Å². The summed E-state index contributed by atoms with van der Waals surface area (Å²) >= 11 is 1.92. The standard InChI is InChI=1S/C15H18N2S/c16-12-5-3-4-11(10-12)8-9-15-17-13-6-1-2-7-14(13)18-15/h3-5,10H,1-2,6-9,16H2. The van der Waals surface area contributed by atoms with Crippen LogP contribution in [0.3, 0.4) is 0 Å². The van der Waals surface area contributed by atoms with Gasteiger partial charge in [0, 0.05) is 17.0 Å². The summed E-state index contributed by atoms with van der Waals surface area (Å²) in [4.78, 5) is 6.31. The molecule has 0 spiro atoms. The maximum absolute atomic E-state index is 5.79. The smallest absolute Gasteiger partial charge is 0.0934 e. The maximum atomic E-state index is 5.79. The van der Waals surface area contributed by atoms with E-state index in [1.54, 1.807) is 0 Å². The number of nitrogens with zero attached hydrogens (tertiary/aromatic N) is 1. The molecule has 94 valence electrons. The van der Waals surface area contributed by atoms with Crippen LogP contribution in [0.15, 0.2) is 24.3 Å². The third-order valence-electron chi connectivity index (χ3n) is 3.47. The lowest BCUT2D eigenvalue weighted by molar-refractivity contribution is 0.680. The molecule has 1 aromatic heterocycles. The number of aromatic nitrogens is 1. The normalized spacial score (nSPS) is 14.4. The van der Waals surface area contributed by atoms with Crippen molar-refractivity contribution in [1.29, 1.82) is 0 Å². The van der Waals surface area contributed by atoms with Gasteiger partial charge in [-0.2, -0.15) is 0 Å². The molecule has 2 N–H and O–H groups in total. The fraction of sp³-hybridized carbons (Fsp3) is 0.400. The number of fused-ring (bicyclic) bond motifs is 1. The molecule has 1 aromatic carbocycles. The predicted molar refractivity (Wildman–Crippen MR) is 77.0 cm³/mol. The average Bonchev–Trinajstić information content (AvgIpc) is 2.79. The molecule has 1 aliphatic rings. The molecule has 1 aliphatic carbocycles. The molecule has 0 unspecified atom stereocenters. The summed E-state index contributed by atoms with van der Waals surface area (Å²) in [6.07, 6.45) is 7.16. The number of hydrogen-bond donors (Lipinski definition) is 1. The maximum Gasteiger partial charge on any atom is 0.0934 e. The van der Waals surface area contributed by atoms with Crippen LogP contribution in [-0.2, 0) is 25.7 Å². The van der Waals surface area contributed by atoms with E-state index in [1.807, 2.05) is 23.5 Å². The van der Waals surface area contributed by atoms with Crippen LogP contribution in [0.2, 0.25) is 0 Å². The average molecular weight is 258 g/mol. The molecule has 0 saturated carbocycles. The second-order valence-corrected chi connectivity index (χ2v) is 6.10. The molecule has 0 fully saturated rings. The molecule has 0 amide bonds. The molecule has 3 heteroatoms. The second kappa shape index (κ2) is 5.11. The SMILES string of the molecule is Nc1cccc(CCc2nc3c(s2)CCCC3)c1. The first kappa shape index (κ1) is 11.7. The highest BCUT2D eigenvalue weighted by molar-refractivity contribution is 7.11. The molecule has 18 heavy (non-hydrogen) atoms. The van der Waals surface area contributed by atoms with Gasteiger partial charge in [-0.1, -0.05) is 12.1 Å². The highest BCUT2D eigenvalue weighted by Gasteiger charge is 2.14. The van der Waals surface area contributed by atoms with Crippen molar-refractivity contribution >= 4 is 17.0 Å². The minimum Gasteiger partial charge on any atom is -0.399 e. The molecule has 0 radical (unpaired) electrons. The molecule has 2 nitrogen and oxygen atoms in total. The van der Waals surface area contributed by atoms with E-state index >= 15 is 0 Å². The van der Waals surface area contributed by atoms with Crippen LogP contribution in [0.5, 0.6) is 0 Å². The summed E-state index contributed by atoms with van der Waals surface area (Å²) in [5.74, 6) is 0. The number of benzene rings is 1. The quantitative estimate of drug-likeness (QED) is 0.857. The van der Waals surface area contributed by atoms with E-state index < -0.39 is 0 Å². The zero-order valence-corrected chi connectivity index (χ0v) is 11.3. The lowest BCUT2D eigenvalue weighted by Gasteiger charge is -2.06. The van der Waals surface area contributed by atoms with Crippen LogP contribution >= 0.6 is 11.3 Å². The Morgan fingerprint density at radius 3 is 2.89 bits per heavy atom. The van der Waals surface area contributed by atoms with E-state index in [1.165, 1.54) is 46.8 Å². The Hall–Kier alpha value is -1.35. The third-order valence-corrected chi connectivity index (χ3v) is 4.69. The van der Waals surface area contributed by atoms with Gasteiger partial charge < -0.3 is 5.73 Å². The summed E-state index contributed by atoms with van der Waals surface area (Å²) < 4.78 is 0. The van der Waals surface area contributed by atoms with E-state index in [2.05, 4.69) is 12.1 Å². The summed E-state index contributed by atoms with van der Waals surface area (Å²) in [5.41, 5.74) is 9.32. The van der Waals surface area contributed by atoms with E-state index in [9.17, 15) is 0 Å². The lowest BCUT2D eigenvalue weighted by Crippen LogP contribution is -1.99. The Bertz CT molecular complexity index is 522. The van der Waals surface area contributed by atoms with Crippen LogP contribution in [0.25, 0.3) is 0 Å². The van der Waals surface area contributed by atoms with Crippen molar-refractivity contribution in [3.63, 3.8) is 0 Å². The van der Waals surface area contributed by atoms with Crippen molar-refractivity contribution in [3.05, 3.63) is 45.4 Å². The van der Waals surface area contributed by atoms with Gasteiger partial charge in [-0.05, 0) is 49.8 Å². The minimum absolute atomic E-state index is 0.853. The van der Waals surface area contributed by atoms with E-state index in [0.29, 0.717) is 0 Å². The number of aryl methyl sites for hydroxylation is 4. The van der Waals surface area contributed by atoms with E-state index in [0.717, 1.165) is 18.5 Å². The van der Waals surface area contributed by atoms with Crippen LogP contribution in [-0.4, -0.2) is 4.98 Å². The number of rotatable bonds is 3. The summed E-state index contributed by atoms with van der Waals surface area (Å²) in [6, 6.07) is 8.17. The fourth-order valence-electron chi connectivity index (χ4n) is 2.51. The van der Waals surface area contributed by atoms with Gasteiger partial charge in [-0.15, -0.1) is 11.3 Å². The second-order valence-electron chi connectivity index (χ2n) is 4.93. The highest BCUT2D eigenvalue weighted by Crippen LogP contribution is 2.27. The largest absolute Gasteiger partial charge is 0.399 e. The Morgan fingerprint density at radius 1 is 1.17 bits per heavy atom. The van der Waals surface area contributed by atoms with Gasteiger partial charge in [0.05, 0.1) is 10.7 Å². The minimum atomic E-state index is 0.853. The summed E-state index contributed by atoms with van der Waals surface area (Å²) in [5, 5.41) is 1.30. The van der Waals surface area contributed by atoms with Gasteiger partial charge in [-0.3, -0.25) is 0 Å². The summed E-state index contributed by atoms with van der Waals surface area (Å²) in [6.45, 7) is 0. The molecule has 0 aliphatic heterocycles. The Balaban J connectivity index is 1.68. The first-order valence-electron chi connectivity index (χ1n) is 6.63. The van der Waals surface area contributed by atoms with Crippen molar-refractivity contribution in [2.24, 2.45) is 0 Å².